The van der Waals surface area contributed by atoms with E-state index in [0.29, 0.717) is 5.56 Å². The molecule has 1 fully saturated rings. The molecule has 3 aromatic rings. The zero-order valence-corrected chi connectivity index (χ0v) is 18.5. The maximum absolute atomic E-state index is 13.0. The highest BCUT2D eigenvalue weighted by atomic mass is 127. The summed E-state index contributed by atoms with van der Waals surface area (Å²) in [6.07, 6.45) is 0. The molecule has 1 heterocycles. The van der Waals surface area contributed by atoms with Crippen LogP contribution in [0.4, 0.5) is 0 Å². The van der Waals surface area contributed by atoms with Gasteiger partial charge in [-0.25, -0.2) is 0 Å². The SMILES string of the molecule is Cc1ccc(/C(O)=C2\C(=O)C(=O)N(Cc3ccccc3)C2c2ccc(I)cc2)cc1. The lowest BCUT2D eigenvalue weighted by molar-refractivity contribution is -0.140. The lowest BCUT2D eigenvalue weighted by atomic mass is 9.95. The molecule has 1 amide bonds. The van der Waals surface area contributed by atoms with E-state index in [2.05, 4.69) is 22.6 Å². The highest BCUT2D eigenvalue weighted by Gasteiger charge is 2.46. The van der Waals surface area contributed by atoms with Crippen molar-refractivity contribution in [2.75, 3.05) is 0 Å². The van der Waals surface area contributed by atoms with Crippen LogP contribution in [0.25, 0.3) is 5.76 Å². The van der Waals surface area contributed by atoms with Crippen LogP contribution < -0.4 is 0 Å². The summed E-state index contributed by atoms with van der Waals surface area (Å²) >= 11 is 2.21. The topological polar surface area (TPSA) is 57.6 Å². The Hall–Kier alpha value is -2.93. The van der Waals surface area contributed by atoms with Crippen molar-refractivity contribution >= 4 is 40.0 Å². The van der Waals surface area contributed by atoms with Crippen molar-refractivity contribution in [1.82, 2.24) is 4.90 Å². The Labute approximate surface area is 189 Å². The summed E-state index contributed by atoms with van der Waals surface area (Å²) in [5.74, 6) is -1.41. The van der Waals surface area contributed by atoms with Gasteiger partial charge in [-0.3, -0.25) is 9.59 Å². The first-order valence-electron chi connectivity index (χ1n) is 9.60. The number of ketones is 1. The summed E-state index contributed by atoms with van der Waals surface area (Å²) in [4.78, 5) is 27.6. The first-order valence-corrected chi connectivity index (χ1v) is 10.7. The number of likely N-dealkylation sites (tertiary alicyclic amines) is 1. The van der Waals surface area contributed by atoms with Crippen molar-refractivity contribution < 1.29 is 14.7 Å². The van der Waals surface area contributed by atoms with Gasteiger partial charge in [0.2, 0.25) is 0 Å². The molecule has 0 aromatic heterocycles. The number of aliphatic hydroxyl groups excluding tert-OH is 1. The van der Waals surface area contributed by atoms with Crippen molar-refractivity contribution in [2.45, 2.75) is 19.5 Å². The summed E-state index contributed by atoms with van der Waals surface area (Å²) in [5, 5.41) is 11.0. The van der Waals surface area contributed by atoms with Crippen molar-refractivity contribution in [3.63, 3.8) is 0 Å². The van der Waals surface area contributed by atoms with Crippen LogP contribution in [-0.4, -0.2) is 21.7 Å². The van der Waals surface area contributed by atoms with E-state index < -0.39 is 17.7 Å². The largest absolute Gasteiger partial charge is 0.507 e. The predicted octanol–water partition coefficient (Wildman–Crippen LogP) is 5.22. The Morgan fingerprint density at radius 2 is 1.57 bits per heavy atom. The third-order valence-corrected chi connectivity index (χ3v) is 5.97. The molecule has 3 aromatic carbocycles. The minimum absolute atomic E-state index is 0.126. The number of aryl methyl sites for hydroxylation is 1. The van der Waals surface area contributed by atoms with Gasteiger partial charge in [-0.15, -0.1) is 0 Å². The number of carbonyl (C=O) groups is 2. The quantitative estimate of drug-likeness (QED) is 0.227. The molecule has 0 spiro atoms. The first kappa shape index (κ1) is 20.3. The average Bonchev–Trinajstić information content (AvgIpc) is 3.00. The summed E-state index contributed by atoms with van der Waals surface area (Å²) in [6, 6.07) is 23.8. The van der Waals surface area contributed by atoms with E-state index in [-0.39, 0.29) is 17.9 Å². The Morgan fingerprint density at radius 3 is 2.20 bits per heavy atom. The van der Waals surface area contributed by atoms with Crippen LogP contribution in [0.5, 0.6) is 0 Å². The third-order valence-electron chi connectivity index (χ3n) is 5.25. The monoisotopic (exact) mass is 509 g/mol. The van der Waals surface area contributed by atoms with Crippen LogP contribution in [0.2, 0.25) is 0 Å². The molecular formula is C25H20INO3. The maximum atomic E-state index is 13.0. The number of benzene rings is 3. The van der Waals surface area contributed by atoms with E-state index in [1.807, 2.05) is 73.7 Å². The lowest BCUT2D eigenvalue weighted by Gasteiger charge is -2.25. The third kappa shape index (κ3) is 3.89. The minimum Gasteiger partial charge on any atom is -0.507 e. The number of rotatable bonds is 4. The molecule has 4 rings (SSSR count). The summed E-state index contributed by atoms with van der Waals surface area (Å²) in [6.45, 7) is 2.24. The average molecular weight is 509 g/mol. The van der Waals surface area contributed by atoms with Crippen LogP contribution in [0.15, 0.2) is 84.4 Å². The fourth-order valence-corrected chi connectivity index (χ4v) is 4.04. The van der Waals surface area contributed by atoms with Crippen LogP contribution in [0, 0.1) is 10.5 Å². The molecule has 4 nitrogen and oxygen atoms in total. The molecule has 1 atom stereocenters. The van der Waals surface area contributed by atoms with Gasteiger partial charge in [-0.2, -0.15) is 0 Å². The van der Waals surface area contributed by atoms with Gasteiger partial charge in [0.05, 0.1) is 11.6 Å². The van der Waals surface area contributed by atoms with E-state index in [1.165, 1.54) is 0 Å². The summed E-state index contributed by atoms with van der Waals surface area (Å²) in [7, 11) is 0. The second kappa shape index (κ2) is 8.44. The summed E-state index contributed by atoms with van der Waals surface area (Å²) in [5.41, 5.74) is 3.41. The van der Waals surface area contributed by atoms with Gasteiger partial charge in [-0.05, 0) is 52.8 Å². The lowest BCUT2D eigenvalue weighted by Crippen LogP contribution is -2.29. The number of nitrogens with zero attached hydrogens (tertiary/aromatic N) is 1. The van der Waals surface area contributed by atoms with Crippen LogP contribution in [0.1, 0.15) is 28.3 Å². The van der Waals surface area contributed by atoms with Crippen molar-refractivity contribution in [3.8, 4) is 0 Å². The molecule has 0 aliphatic carbocycles. The predicted molar refractivity (Wildman–Crippen MR) is 125 cm³/mol. The zero-order valence-electron chi connectivity index (χ0n) is 16.4. The number of aliphatic hydroxyl groups is 1. The van der Waals surface area contributed by atoms with Crippen molar-refractivity contribution in [3.05, 3.63) is 110 Å². The Bertz CT molecular complexity index is 1120. The Balaban J connectivity index is 1.85. The molecule has 1 aliphatic rings. The minimum atomic E-state index is -0.660. The van der Waals surface area contributed by atoms with E-state index in [4.69, 9.17) is 0 Å². The highest BCUT2D eigenvalue weighted by Crippen LogP contribution is 2.40. The normalized spacial score (nSPS) is 18.1. The molecule has 1 aliphatic heterocycles. The number of hydrogen-bond acceptors (Lipinski definition) is 3. The molecule has 5 heteroatoms. The van der Waals surface area contributed by atoms with Gasteiger partial charge >= 0.3 is 0 Å². The fourth-order valence-electron chi connectivity index (χ4n) is 3.68. The number of halogens is 1. The van der Waals surface area contributed by atoms with E-state index in [0.717, 1.165) is 20.3 Å². The Morgan fingerprint density at radius 1 is 0.933 bits per heavy atom. The molecule has 1 saturated heterocycles. The van der Waals surface area contributed by atoms with Gasteiger partial charge in [0.15, 0.2) is 0 Å². The van der Waals surface area contributed by atoms with Crippen LogP contribution in [0.3, 0.4) is 0 Å². The second-order valence-electron chi connectivity index (χ2n) is 7.33. The van der Waals surface area contributed by atoms with Gasteiger partial charge < -0.3 is 10.0 Å². The Kier molecular flexibility index (Phi) is 5.72. The van der Waals surface area contributed by atoms with E-state index in [1.54, 1.807) is 17.0 Å². The number of amides is 1. The molecule has 0 saturated carbocycles. The smallest absolute Gasteiger partial charge is 0.295 e. The number of carbonyl (C=O) groups excluding carboxylic acids is 2. The molecule has 0 bridgehead atoms. The molecule has 0 radical (unpaired) electrons. The van der Waals surface area contributed by atoms with Crippen molar-refractivity contribution in [1.29, 1.82) is 0 Å². The van der Waals surface area contributed by atoms with Crippen LogP contribution >= 0.6 is 22.6 Å². The van der Waals surface area contributed by atoms with E-state index >= 15 is 0 Å². The maximum Gasteiger partial charge on any atom is 0.295 e. The van der Waals surface area contributed by atoms with Gasteiger partial charge in [0.1, 0.15) is 5.76 Å². The molecule has 1 unspecified atom stereocenters. The van der Waals surface area contributed by atoms with E-state index in [9.17, 15) is 14.7 Å². The zero-order chi connectivity index (χ0) is 21.3. The van der Waals surface area contributed by atoms with Crippen LogP contribution in [-0.2, 0) is 16.1 Å². The molecule has 1 N–H and O–H groups in total. The summed E-state index contributed by atoms with van der Waals surface area (Å²) < 4.78 is 1.05. The molecular weight excluding hydrogens is 489 g/mol. The fraction of sp³-hybridized carbons (Fsp3) is 0.120. The van der Waals surface area contributed by atoms with Crippen molar-refractivity contribution in [2.24, 2.45) is 0 Å². The van der Waals surface area contributed by atoms with Gasteiger partial charge in [0, 0.05) is 15.7 Å². The standard InChI is InChI=1S/C25H20INO3/c1-16-7-9-19(10-8-16)23(28)21-22(18-11-13-20(26)14-12-18)27(25(30)24(21)29)15-17-5-3-2-4-6-17/h2-14,22,28H,15H2,1H3/b23-21+. The highest BCUT2D eigenvalue weighted by molar-refractivity contribution is 14.1. The first-order chi connectivity index (χ1) is 14.5. The number of Topliss-reactive ketones (excluding diaryl/α,β-unsaturated/α-hetero) is 1. The second-order valence-corrected chi connectivity index (χ2v) is 8.58. The molecule has 30 heavy (non-hydrogen) atoms. The van der Waals surface area contributed by atoms with Gasteiger partial charge in [0.25, 0.3) is 11.7 Å². The van der Waals surface area contributed by atoms with Gasteiger partial charge in [-0.1, -0.05) is 72.3 Å². The molecule has 150 valence electrons. The number of hydrogen-bond donors (Lipinski definition) is 1.